The molecule has 100 valence electrons. The second kappa shape index (κ2) is 5.71. The number of halogens is 2. The number of anilines is 1. The molecule has 0 amide bonds. The fourth-order valence-corrected chi connectivity index (χ4v) is 2.99. The van der Waals surface area contributed by atoms with Crippen LogP contribution in [0.25, 0.3) is 0 Å². The minimum atomic E-state index is -0.711. The van der Waals surface area contributed by atoms with E-state index in [0.29, 0.717) is 11.3 Å². The molecular weight excluding hydrogens is 333 g/mol. The van der Waals surface area contributed by atoms with E-state index in [4.69, 9.17) is 10.5 Å². The van der Waals surface area contributed by atoms with Crippen molar-refractivity contribution in [3.05, 3.63) is 49.9 Å². The maximum absolute atomic E-state index is 13.8. The summed E-state index contributed by atoms with van der Waals surface area (Å²) in [4.78, 5) is 12.7. The first-order chi connectivity index (χ1) is 8.97. The third-order valence-corrected chi connectivity index (χ3v) is 4.07. The van der Waals surface area contributed by atoms with Gasteiger partial charge in [0.1, 0.15) is 12.4 Å². The minimum Gasteiger partial charge on any atom is -0.456 e. The van der Waals surface area contributed by atoms with E-state index in [1.807, 2.05) is 12.1 Å². The average Bonchev–Trinajstić information content (AvgIpc) is 2.76. The zero-order valence-electron chi connectivity index (χ0n) is 10.1. The molecule has 3 nitrogen and oxygen atoms in total. The number of esters is 1. The standard InChI is InChI=1S/C13H11BrFNO2S/c1-7-4-8(16)5-10(12(7)15)13(17)18-6-9-2-3-11(14)19-9/h2-5H,6,16H2,1H3. The van der Waals surface area contributed by atoms with Crippen molar-refractivity contribution in [2.24, 2.45) is 0 Å². The number of carbonyl (C=O) groups excluding carboxylic acids is 1. The van der Waals surface area contributed by atoms with E-state index < -0.39 is 11.8 Å². The van der Waals surface area contributed by atoms with Crippen LogP contribution in [-0.4, -0.2) is 5.97 Å². The van der Waals surface area contributed by atoms with Crippen LogP contribution in [0.4, 0.5) is 10.1 Å². The molecule has 6 heteroatoms. The molecule has 2 N–H and O–H groups in total. The fraction of sp³-hybridized carbons (Fsp3) is 0.154. The highest BCUT2D eigenvalue weighted by atomic mass is 79.9. The summed E-state index contributed by atoms with van der Waals surface area (Å²) in [5.41, 5.74) is 6.13. The first-order valence-corrected chi connectivity index (χ1v) is 7.05. The molecule has 2 aromatic rings. The van der Waals surface area contributed by atoms with Gasteiger partial charge in [-0.1, -0.05) is 0 Å². The fourth-order valence-electron chi connectivity index (χ4n) is 1.59. The molecule has 0 spiro atoms. The largest absolute Gasteiger partial charge is 0.456 e. The topological polar surface area (TPSA) is 52.3 Å². The molecule has 0 saturated carbocycles. The van der Waals surface area contributed by atoms with Gasteiger partial charge in [0.05, 0.1) is 9.35 Å². The number of nitrogens with two attached hydrogens (primary N) is 1. The molecule has 1 aromatic carbocycles. The Balaban J connectivity index is 2.12. The summed E-state index contributed by atoms with van der Waals surface area (Å²) in [6, 6.07) is 6.46. The molecule has 0 aliphatic carbocycles. The average molecular weight is 344 g/mol. The number of benzene rings is 1. The summed E-state index contributed by atoms with van der Waals surface area (Å²) in [6.07, 6.45) is 0. The molecule has 1 aromatic heterocycles. The van der Waals surface area contributed by atoms with Gasteiger partial charge in [0, 0.05) is 10.6 Å². The van der Waals surface area contributed by atoms with Gasteiger partial charge in [-0.25, -0.2) is 9.18 Å². The molecule has 0 atom stereocenters. The lowest BCUT2D eigenvalue weighted by Crippen LogP contribution is -2.09. The lowest BCUT2D eigenvalue weighted by atomic mass is 10.1. The highest BCUT2D eigenvalue weighted by molar-refractivity contribution is 9.11. The number of hydrogen-bond acceptors (Lipinski definition) is 4. The summed E-state index contributed by atoms with van der Waals surface area (Å²) >= 11 is 4.77. The van der Waals surface area contributed by atoms with Gasteiger partial charge in [0.2, 0.25) is 0 Å². The van der Waals surface area contributed by atoms with Crippen LogP contribution in [0.5, 0.6) is 0 Å². The number of rotatable bonds is 3. The van der Waals surface area contributed by atoms with Crippen molar-refractivity contribution in [3.8, 4) is 0 Å². The highest BCUT2D eigenvalue weighted by Crippen LogP contribution is 2.23. The SMILES string of the molecule is Cc1cc(N)cc(C(=O)OCc2ccc(Br)s2)c1F. The monoisotopic (exact) mass is 343 g/mol. The number of hydrogen-bond donors (Lipinski definition) is 1. The van der Waals surface area contributed by atoms with Crippen molar-refractivity contribution in [2.45, 2.75) is 13.5 Å². The van der Waals surface area contributed by atoms with Crippen LogP contribution in [0.1, 0.15) is 20.8 Å². The van der Waals surface area contributed by atoms with Crippen LogP contribution >= 0.6 is 27.3 Å². The van der Waals surface area contributed by atoms with Gasteiger partial charge in [-0.05, 0) is 52.7 Å². The maximum atomic E-state index is 13.8. The molecule has 0 unspecified atom stereocenters. The van der Waals surface area contributed by atoms with Crippen LogP contribution in [0.3, 0.4) is 0 Å². The first kappa shape index (κ1) is 14.0. The van der Waals surface area contributed by atoms with Crippen LogP contribution in [-0.2, 0) is 11.3 Å². The van der Waals surface area contributed by atoms with E-state index in [2.05, 4.69) is 15.9 Å². The van der Waals surface area contributed by atoms with Crippen molar-refractivity contribution in [2.75, 3.05) is 5.73 Å². The summed E-state index contributed by atoms with van der Waals surface area (Å²) in [5, 5.41) is 0. The van der Waals surface area contributed by atoms with Gasteiger partial charge in [-0.15, -0.1) is 11.3 Å². The van der Waals surface area contributed by atoms with E-state index in [-0.39, 0.29) is 12.2 Å². The third-order valence-electron chi connectivity index (χ3n) is 2.47. The van der Waals surface area contributed by atoms with Crippen LogP contribution < -0.4 is 5.73 Å². The Labute approximate surface area is 122 Å². The quantitative estimate of drug-likeness (QED) is 0.679. The zero-order valence-corrected chi connectivity index (χ0v) is 12.5. The third kappa shape index (κ3) is 3.33. The second-order valence-electron chi connectivity index (χ2n) is 3.98. The second-order valence-corrected chi connectivity index (χ2v) is 6.53. The van der Waals surface area contributed by atoms with Gasteiger partial charge < -0.3 is 10.5 Å². The predicted octanol–water partition coefficient (Wildman–Crippen LogP) is 3.90. The Morgan fingerprint density at radius 1 is 1.47 bits per heavy atom. The van der Waals surface area contributed by atoms with E-state index >= 15 is 0 Å². The van der Waals surface area contributed by atoms with E-state index in [1.165, 1.54) is 23.5 Å². The number of nitrogen functional groups attached to an aromatic ring is 1. The number of ether oxygens (including phenoxy) is 1. The summed E-state index contributed by atoms with van der Waals surface area (Å²) in [5.74, 6) is -1.30. The summed E-state index contributed by atoms with van der Waals surface area (Å²) < 4.78 is 19.8. The van der Waals surface area contributed by atoms with Crippen LogP contribution in [0, 0.1) is 12.7 Å². The molecule has 0 radical (unpaired) electrons. The predicted molar refractivity (Wildman–Crippen MR) is 76.7 cm³/mol. The van der Waals surface area contributed by atoms with Crippen molar-refractivity contribution < 1.29 is 13.9 Å². The number of aryl methyl sites for hydroxylation is 1. The Morgan fingerprint density at radius 3 is 2.84 bits per heavy atom. The lowest BCUT2D eigenvalue weighted by molar-refractivity contribution is 0.0471. The Hall–Kier alpha value is -1.40. The number of carbonyl (C=O) groups is 1. The van der Waals surface area contributed by atoms with E-state index in [0.717, 1.165) is 8.66 Å². The van der Waals surface area contributed by atoms with Crippen LogP contribution in [0.2, 0.25) is 0 Å². The zero-order chi connectivity index (χ0) is 14.0. The van der Waals surface area contributed by atoms with Crippen LogP contribution in [0.15, 0.2) is 28.1 Å². The molecule has 0 saturated heterocycles. The number of thiophene rings is 1. The molecule has 0 bridgehead atoms. The Kier molecular flexibility index (Phi) is 4.21. The Bertz CT molecular complexity index is 627. The smallest absolute Gasteiger partial charge is 0.341 e. The normalized spacial score (nSPS) is 10.5. The molecule has 0 aliphatic rings. The molecule has 0 fully saturated rings. The summed E-state index contributed by atoms with van der Waals surface area (Å²) in [6.45, 7) is 1.67. The molecule has 0 aliphatic heterocycles. The molecular formula is C13H11BrFNO2S. The van der Waals surface area contributed by atoms with Crippen molar-refractivity contribution in [1.82, 2.24) is 0 Å². The van der Waals surface area contributed by atoms with Gasteiger partial charge in [-0.3, -0.25) is 0 Å². The van der Waals surface area contributed by atoms with E-state index in [1.54, 1.807) is 6.92 Å². The maximum Gasteiger partial charge on any atom is 0.341 e. The van der Waals surface area contributed by atoms with Gasteiger partial charge in [-0.2, -0.15) is 0 Å². The van der Waals surface area contributed by atoms with E-state index in [9.17, 15) is 9.18 Å². The first-order valence-electron chi connectivity index (χ1n) is 5.44. The lowest BCUT2D eigenvalue weighted by Gasteiger charge is -2.07. The summed E-state index contributed by atoms with van der Waals surface area (Å²) in [7, 11) is 0. The van der Waals surface area contributed by atoms with Gasteiger partial charge in [0.15, 0.2) is 0 Å². The molecule has 1 heterocycles. The van der Waals surface area contributed by atoms with Crippen molar-refractivity contribution >= 4 is 38.9 Å². The van der Waals surface area contributed by atoms with Gasteiger partial charge >= 0.3 is 5.97 Å². The Morgan fingerprint density at radius 2 is 2.21 bits per heavy atom. The van der Waals surface area contributed by atoms with Gasteiger partial charge in [0.25, 0.3) is 0 Å². The minimum absolute atomic E-state index is 0.113. The van der Waals surface area contributed by atoms with Crippen molar-refractivity contribution in [3.63, 3.8) is 0 Å². The highest BCUT2D eigenvalue weighted by Gasteiger charge is 2.16. The molecule has 2 rings (SSSR count). The molecule has 19 heavy (non-hydrogen) atoms. The van der Waals surface area contributed by atoms with Crippen molar-refractivity contribution in [1.29, 1.82) is 0 Å².